The van der Waals surface area contributed by atoms with E-state index in [1.54, 1.807) is 6.33 Å². The standard InChI is InChI=1S/C23H23ClN6O2S/c1-30-9-7-17(8-10-30)32-21-4-2-3-19-22(21)23(26-14-25-19)27-15-5-6-20(18(24)11-15)31-12-16-13-33-29-28-16/h2-6,11,13-14,17H,7-10,12H2,1H3,(H,25,26,27). The van der Waals surface area contributed by atoms with Crippen LogP contribution in [0.15, 0.2) is 48.1 Å². The Hall–Kier alpha value is -3.01. The highest BCUT2D eigenvalue weighted by molar-refractivity contribution is 7.03. The van der Waals surface area contributed by atoms with Crippen molar-refractivity contribution in [2.24, 2.45) is 0 Å². The lowest BCUT2D eigenvalue weighted by Gasteiger charge is -2.29. The third kappa shape index (κ3) is 5.16. The maximum Gasteiger partial charge on any atom is 0.145 e. The molecule has 0 amide bonds. The first-order valence-corrected chi connectivity index (χ1v) is 11.9. The van der Waals surface area contributed by atoms with Crippen LogP contribution in [0.1, 0.15) is 18.5 Å². The fraction of sp³-hybridized carbons (Fsp3) is 0.304. The van der Waals surface area contributed by atoms with Gasteiger partial charge in [0, 0.05) is 24.2 Å². The average molecular weight is 483 g/mol. The van der Waals surface area contributed by atoms with Crippen LogP contribution in [0.5, 0.6) is 11.5 Å². The Morgan fingerprint density at radius 3 is 2.82 bits per heavy atom. The fourth-order valence-electron chi connectivity index (χ4n) is 3.78. The Morgan fingerprint density at radius 2 is 2.03 bits per heavy atom. The molecule has 0 spiro atoms. The van der Waals surface area contributed by atoms with E-state index >= 15 is 0 Å². The van der Waals surface area contributed by atoms with E-state index in [1.165, 1.54) is 11.5 Å². The van der Waals surface area contributed by atoms with Gasteiger partial charge in [0.25, 0.3) is 0 Å². The topological polar surface area (TPSA) is 85.3 Å². The highest BCUT2D eigenvalue weighted by Crippen LogP contribution is 2.35. The lowest BCUT2D eigenvalue weighted by atomic mass is 10.1. The molecule has 0 unspecified atom stereocenters. The molecule has 170 valence electrons. The summed E-state index contributed by atoms with van der Waals surface area (Å²) in [5.74, 6) is 2.03. The van der Waals surface area contributed by atoms with E-state index in [2.05, 4.69) is 36.8 Å². The predicted octanol–water partition coefficient (Wildman–Crippen LogP) is 4.93. The summed E-state index contributed by atoms with van der Waals surface area (Å²) in [5.41, 5.74) is 2.38. The van der Waals surface area contributed by atoms with Gasteiger partial charge in [0.05, 0.1) is 15.9 Å². The number of nitrogens with one attached hydrogen (secondary N) is 1. The SMILES string of the molecule is CN1CCC(Oc2cccc3ncnc(Nc4ccc(OCc5csnn5)c(Cl)c4)c23)CC1. The minimum Gasteiger partial charge on any atom is -0.489 e. The average Bonchev–Trinajstić information content (AvgIpc) is 3.34. The van der Waals surface area contributed by atoms with Crippen molar-refractivity contribution in [3.05, 3.63) is 58.8 Å². The van der Waals surface area contributed by atoms with E-state index in [9.17, 15) is 0 Å². The van der Waals surface area contributed by atoms with Gasteiger partial charge < -0.3 is 19.7 Å². The monoisotopic (exact) mass is 482 g/mol. The van der Waals surface area contributed by atoms with Gasteiger partial charge in [0.15, 0.2) is 0 Å². The Bertz CT molecular complexity index is 1230. The summed E-state index contributed by atoms with van der Waals surface area (Å²) in [7, 11) is 2.14. The minimum atomic E-state index is 0.179. The van der Waals surface area contributed by atoms with Crippen molar-refractivity contribution >= 4 is 45.5 Å². The third-order valence-corrected chi connectivity index (χ3v) is 6.41. The Kier molecular flexibility index (Phi) is 6.52. The van der Waals surface area contributed by atoms with Crippen LogP contribution < -0.4 is 14.8 Å². The highest BCUT2D eigenvalue weighted by Gasteiger charge is 2.20. The van der Waals surface area contributed by atoms with Crippen LogP contribution in [0.2, 0.25) is 5.02 Å². The predicted molar refractivity (Wildman–Crippen MR) is 130 cm³/mol. The van der Waals surface area contributed by atoms with Gasteiger partial charge in [-0.15, -0.1) is 5.10 Å². The summed E-state index contributed by atoms with van der Waals surface area (Å²) in [5, 5.41) is 10.5. The van der Waals surface area contributed by atoms with Crippen LogP contribution in [0, 0.1) is 0 Å². The molecule has 0 bridgehead atoms. The molecule has 10 heteroatoms. The van der Waals surface area contributed by atoms with Crippen molar-refractivity contribution in [2.75, 3.05) is 25.5 Å². The molecule has 1 saturated heterocycles. The van der Waals surface area contributed by atoms with Gasteiger partial charge in [-0.1, -0.05) is 22.2 Å². The molecular weight excluding hydrogens is 460 g/mol. The number of piperidine rings is 1. The van der Waals surface area contributed by atoms with Gasteiger partial charge >= 0.3 is 0 Å². The summed E-state index contributed by atoms with van der Waals surface area (Å²) in [6.07, 6.45) is 3.72. The van der Waals surface area contributed by atoms with E-state index in [0.29, 0.717) is 23.2 Å². The number of hydrogen-bond acceptors (Lipinski definition) is 9. The molecule has 5 rings (SSSR count). The van der Waals surface area contributed by atoms with Crippen molar-refractivity contribution in [3.63, 3.8) is 0 Å². The molecule has 8 nitrogen and oxygen atoms in total. The lowest BCUT2D eigenvalue weighted by Crippen LogP contribution is -2.35. The van der Waals surface area contributed by atoms with Crippen LogP contribution >= 0.6 is 23.1 Å². The number of ether oxygens (including phenoxy) is 2. The summed E-state index contributed by atoms with van der Waals surface area (Å²) < 4.78 is 16.0. The zero-order valence-corrected chi connectivity index (χ0v) is 19.6. The molecule has 0 radical (unpaired) electrons. The number of fused-ring (bicyclic) bond motifs is 1. The second-order valence-electron chi connectivity index (χ2n) is 7.95. The van der Waals surface area contributed by atoms with Crippen LogP contribution in [0.3, 0.4) is 0 Å². The molecule has 0 atom stereocenters. The van der Waals surface area contributed by atoms with Crippen molar-refractivity contribution in [1.29, 1.82) is 0 Å². The molecular formula is C23H23ClN6O2S. The van der Waals surface area contributed by atoms with E-state index < -0.39 is 0 Å². The summed E-state index contributed by atoms with van der Waals surface area (Å²) >= 11 is 7.75. The number of hydrogen-bond donors (Lipinski definition) is 1. The maximum atomic E-state index is 6.47. The zero-order chi connectivity index (χ0) is 22.6. The first kappa shape index (κ1) is 21.8. The first-order valence-electron chi connectivity index (χ1n) is 10.7. The Morgan fingerprint density at radius 1 is 1.15 bits per heavy atom. The molecule has 0 saturated carbocycles. The molecule has 2 aromatic heterocycles. The number of rotatable bonds is 7. The number of benzene rings is 2. The third-order valence-electron chi connectivity index (χ3n) is 5.56. The molecule has 1 aliphatic heterocycles. The number of likely N-dealkylation sites (tertiary alicyclic amines) is 1. The molecule has 4 aromatic rings. The lowest BCUT2D eigenvalue weighted by molar-refractivity contribution is 0.116. The first-order chi connectivity index (χ1) is 16.2. The number of nitrogens with zero attached hydrogens (tertiary/aromatic N) is 5. The second-order valence-corrected chi connectivity index (χ2v) is 8.97. The molecule has 1 fully saturated rings. The fourth-order valence-corrected chi connectivity index (χ4v) is 4.46. The normalized spacial score (nSPS) is 15.0. The number of aromatic nitrogens is 4. The second kappa shape index (κ2) is 9.86. The smallest absolute Gasteiger partial charge is 0.145 e. The largest absolute Gasteiger partial charge is 0.489 e. The molecule has 3 heterocycles. The van der Waals surface area contributed by atoms with Crippen molar-refractivity contribution < 1.29 is 9.47 Å². The van der Waals surface area contributed by atoms with Gasteiger partial charge in [-0.3, -0.25) is 0 Å². The molecule has 2 aromatic carbocycles. The number of halogens is 1. The van der Waals surface area contributed by atoms with Gasteiger partial charge in [-0.25, -0.2) is 9.97 Å². The van der Waals surface area contributed by atoms with E-state index in [0.717, 1.165) is 54.0 Å². The molecule has 1 N–H and O–H groups in total. The van der Waals surface area contributed by atoms with E-state index in [1.807, 2.05) is 41.8 Å². The summed E-state index contributed by atoms with van der Waals surface area (Å²) in [6.45, 7) is 2.38. The maximum absolute atomic E-state index is 6.47. The van der Waals surface area contributed by atoms with Crippen molar-refractivity contribution in [3.8, 4) is 11.5 Å². The minimum absolute atomic E-state index is 0.179. The summed E-state index contributed by atoms with van der Waals surface area (Å²) in [4.78, 5) is 11.2. The molecule has 1 aliphatic rings. The van der Waals surface area contributed by atoms with Crippen LogP contribution in [-0.2, 0) is 6.61 Å². The number of anilines is 2. The summed E-state index contributed by atoms with van der Waals surface area (Å²) in [6, 6.07) is 11.4. The molecule has 0 aliphatic carbocycles. The van der Waals surface area contributed by atoms with Crippen LogP contribution in [-0.4, -0.2) is 50.7 Å². The quantitative estimate of drug-likeness (QED) is 0.397. The van der Waals surface area contributed by atoms with Gasteiger partial charge in [-0.2, -0.15) is 0 Å². The van der Waals surface area contributed by atoms with Crippen molar-refractivity contribution in [1.82, 2.24) is 24.5 Å². The Balaban J connectivity index is 1.36. The Labute approximate surface area is 200 Å². The van der Waals surface area contributed by atoms with E-state index in [-0.39, 0.29) is 6.10 Å². The van der Waals surface area contributed by atoms with Gasteiger partial charge in [0.2, 0.25) is 0 Å². The van der Waals surface area contributed by atoms with Crippen LogP contribution in [0.25, 0.3) is 10.9 Å². The molecule has 33 heavy (non-hydrogen) atoms. The van der Waals surface area contributed by atoms with E-state index in [4.69, 9.17) is 21.1 Å². The van der Waals surface area contributed by atoms with Crippen molar-refractivity contribution in [2.45, 2.75) is 25.6 Å². The van der Waals surface area contributed by atoms with Crippen LogP contribution in [0.4, 0.5) is 11.5 Å². The zero-order valence-electron chi connectivity index (χ0n) is 18.1. The van der Waals surface area contributed by atoms with Gasteiger partial charge in [0.1, 0.15) is 42.0 Å². The highest BCUT2D eigenvalue weighted by atomic mass is 35.5. The van der Waals surface area contributed by atoms with Gasteiger partial charge in [-0.05, 0) is 61.8 Å².